The monoisotopic (exact) mass is 321 g/mol. The van der Waals surface area contributed by atoms with Gasteiger partial charge < -0.3 is 5.32 Å². The van der Waals surface area contributed by atoms with Gasteiger partial charge in [-0.15, -0.1) is 0 Å². The van der Waals surface area contributed by atoms with E-state index in [0.29, 0.717) is 5.92 Å². The fourth-order valence-corrected chi connectivity index (χ4v) is 3.06. The van der Waals surface area contributed by atoms with Gasteiger partial charge in [0.05, 0.1) is 4.90 Å². The predicted octanol–water partition coefficient (Wildman–Crippen LogP) is 2.80. The first-order chi connectivity index (χ1) is 8.81. The van der Waals surface area contributed by atoms with E-state index < -0.39 is 9.05 Å². The molecule has 0 radical (unpaired) electrons. The van der Waals surface area contributed by atoms with Gasteiger partial charge in [-0.05, 0) is 30.5 Å². The van der Waals surface area contributed by atoms with E-state index in [-0.39, 0.29) is 27.4 Å². The van der Waals surface area contributed by atoms with Crippen LogP contribution in [0.4, 0.5) is 0 Å². The Hall–Kier alpha value is -0.780. The number of carbonyl (C=O) groups is 1. The second-order valence-electron chi connectivity index (χ2n) is 4.60. The highest BCUT2D eigenvalue weighted by Crippen LogP contribution is 2.33. The third-order valence-electron chi connectivity index (χ3n) is 3.18. The molecule has 0 heterocycles. The molecular formula is C12H13Cl2NO3S. The number of rotatable bonds is 4. The molecule has 2 unspecified atom stereocenters. The van der Waals surface area contributed by atoms with E-state index in [4.69, 9.17) is 22.3 Å². The van der Waals surface area contributed by atoms with Gasteiger partial charge in [-0.1, -0.05) is 24.9 Å². The van der Waals surface area contributed by atoms with E-state index in [0.717, 1.165) is 12.8 Å². The first kappa shape index (κ1) is 14.6. The van der Waals surface area contributed by atoms with Crippen molar-refractivity contribution in [1.82, 2.24) is 5.32 Å². The molecule has 0 bridgehead atoms. The lowest BCUT2D eigenvalue weighted by Crippen LogP contribution is -2.26. The third-order valence-corrected chi connectivity index (χ3v) is 4.73. The average molecular weight is 322 g/mol. The van der Waals surface area contributed by atoms with E-state index in [1.54, 1.807) is 0 Å². The summed E-state index contributed by atoms with van der Waals surface area (Å²) in [5.41, 5.74) is 0.202. The van der Waals surface area contributed by atoms with E-state index >= 15 is 0 Å². The Bertz CT molecular complexity index is 615. The number of benzene rings is 1. The lowest BCUT2D eigenvalue weighted by molar-refractivity contribution is 0.0948. The second-order valence-corrected chi connectivity index (χ2v) is 7.60. The Labute approximate surface area is 121 Å². The summed E-state index contributed by atoms with van der Waals surface area (Å²) < 4.78 is 22.5. The Kier molecular flexibility index (Phi) is 4.08. The number of nitrogens with one attached hydrogen (secondary N) is 1. The molecule has 0 aromatic heterocycles. The summed E-state index contributed by atoms with van der Waals surface area (Å²) in [6, 6.07) is 4.04. The summed E-state index contributed by atoms with van der Waals surface area (Å²) in [7, 11) is 1.35. The topological polar surface area (TPSA) is 63.2 Å². The van der Waals surface area contributed by atoms with Crippen LogP contribution in [-0.2, 0) is 9.05 Å². The maximum Gasteiger partial charge on any atom is 0.261 e. The average Bonchev–Trinajstić information content (AvgIpc) is 3.05. The number of amides is 1. The first-order valence-electron chi connectivity index (χ1n) is 5.87. The van der Waals surface area contributed by atoms with Gasteiger partial charge in [-0.2, -0.15) is 0 Å². The molecule has 1 aromatic rings. The van der Waals surface area contributed by atoms with Gasteiger partial charge in [-0.3, -0.25) is 4.79 Å². The summed E-state index contributed by atoms with van der Waals surface area (Å²) in [5, 5.41) is 3.00. The van der Waals surface area contributed by atoms with Gasteiger partial charge in [0.1, 0.15) is 0 Å². The zero-order valence-electron chi connectivity index (χ0n) is 10.2. The van der Waals surface area contributed by atoms with Crippen molar-refractivity contribution in [1.29, 1.82) is 0 Å². The van der Waals surface area contributed by atoms with Crippen LogP contribution in [0.5, 0.6) is 0 Å². The van der Waals surface area contributed by atoms with Crippen LogP contribution >= 0.6 is 22.3 Å². The molecule has 0 spiro atoms. The van der Waals surface area contributed by atoms with E-state index in [9.17, 15) is 13.2 Å². The Morgan fingerprint density at radius 3 is 2.63 bits per heavy atom. The van der Waals surface area contributed by atoms with E-state index in [2.05, 4.69) is 12.2 Å². The molecule has 1 fully saturated rings. The molecule has 19 heavy (non-hydrogen) atoms. The molecular weight excluding hydrogens is 309 g/mol. The quantitative estimate of drug-likeness (QED) is 0.867. The first-order valence-corrected chi connectivity index (χ1v) is 8.56. The summed E-state index contributed by atoms with van der Waals surface area (Å²) in [4.78, 5) is 11.8. The fraction of sp³-hybridized carbons (Fsp3) is 0.417. The Balaban J connectivity index is 2.20. The standard InChI is InChI=1S/C12H13Cl2NO3S/c1-2-7-5-11(7)15-12(16)8-3-9(13)6-10(4-8)19(14,17)18/h3-4,6-7,11H,2,5H2,1H3,(H,15,16). The van der Waals surface area contributed by atoms with Crippen molar-refractivity contribution in [3.05, 3.63) is 28.8 Å². The molecule has 2 atom stereocenters. The van der Waals surface area contributed by atoms with Gasteiger partial charge in [0, 0.05) is 27.3 Å². The fourth-order valence-electron chi connectivity index (χ4n) is 1.96. The number of hydrogen-bond acceptors (Lipinski definition) is 3. The lowest BCUT2D eigenvalue weighted by Gasteiger charge is -2.06. The van der Waals surface area contributed by atoms with E-state index in [1.165, 1.54) is 18.2 Å². The summed E-state index contributed by atoms with van der Waals surface area (Å²) in [6.45, 7) is 2.06. The van der Waals surface area contributed by atoms with Crippen molar-refractivity contribution in [2.45, 2.75) is 30.7 Å². The zero-order valence-corrected chi connectivity index (χ0v) is 12.5. The number of halogens is 2. The van der Waals surface area contributed by atoms with Crippen LogP contribution in [0.25, 0.3) is 0 Å². The summed E-state index contributed by atoms with van der Waals surface area (Å²) >= 11 is 5.81. The Morgan fingerprint density at radius 1 is 1.42 bits per heavy atom. The number of hydrogen-bond donors (Lipinski definition) is 1. The van der Waals surface area contributed by atoms with Crippen LogP contribution in [0.3, 0.4) is 0 Å². The van der Waals surface area contributed by atoms with Gasteiger partial charge in [0.2, 0.25) is 0 Å². The molecule has 0 aliphatic heterocycles. The van der Waals surface area contributed by atoms with Gasteiger partial charge in [0.25, 0.3) is 15.0 Å². The molecule has 1 saturated carbocycles. The van der Waals surface area contributed by atoms with Crippen molar-refractivity contribution < 1.29 is 13.2 Å². The lowest BCUT2D eigenvalue weighted by atomic mass is 10.2. The molecule has 1 aromatic carbocycles. The largest absolute Gasteiger partial charge is 0.349 e. The SMILES string of the molecule is CCC1CC1NC(=O)c1cc(Cl)cc(S(=O)(=O)Cl)c1. The van der Waals surface area contributed by atoms with Crippen LogP contribution in [-0.4, -0.2) is 20.4 Å². The minimum atomic E-state index is -3.90. The summed E-state index contributed by atoms with van der Waals surface area (Å²) in [5.74, 6) is 0.185. The maximum absolute atomic E-state index is 12.0. The van der Waals surface area contributed by atoms with Gasteiger partial charge >= 0.3 is 0 Å². The van der Waals surface area contributed by atoms with Crippen molar-refractivity contribution in [2.75, 3.05) is 0 Å². The van der Waals surface area contributed by atoms with Crippen molar-refractivity contribution >= 4 is 37.2 Å². The molecule has 7 heteroatoms. The normalized spacial score (nSPS) is 22.1. The van der Waals surface area contributed by atoms with Crippen LogP contribution in [0, 0.1) is 5.92 Å². The summed E-state index contributed by atoms with van der Waals surface area (Å²) in [6.07, 6.45) is 1.98. The molecule has 0 saturated heterocycles. The maximum atomic E-state index is 12.0. The molecule has 1 aliphatic rings. The highest BCUT2D eigenvalue weighted by molar-refractivity contribution is 8.13. The minimum Gasteiger partial charge on any atom is -0.349 e. The van der Waals surface area contributed by atoms with Crippen molar-refractivity contribution in [3.63, 3.8) is 0 Å². The molecule has 1 N–H and O–H groups in total. The molecule has 104 valence electrons. The zero-order chi connectivity index (χ0) is 14.2. The van der Waals surface area contributed by atoms with Gasteiger partial charge in [-0.25, -0.2) is 8.42 Å². The highest BCUT2D eigenvalue weighted by Gasteiger charge is 2.36. The molecule has 2 rings (SSSR count). The van der Waals surface area contributed by atoms with Crippen LogP contribution < -0.4 is 5.32 Å². The van der Waals surface area contributed by atoms with Crippen LogP contribution in [0.1, 0.15) is 30.1 Å². The van der Waals surface area contributed by atoms with Crippen LogP contribution in [0.15, 0.2) is 23.1 Å². The highest BCUT2D eigenvalue weighted by atomic mass is 35.7. The second kappa shape index (κ2) is 5.31. The third kappa shape index (κ3) is 3.61. The van der Waals surface area contributed by atoms with Gasteiger partial charge in [0.15, 0.2) is 0 Å². The minimum absolute atomic E-state index is 0.162. The van der Waals surface area contributed by atoms with Crippen molar-refractivity contribution in [2.24, 2.45) is 5.92 Å². The number of carbonyl (C=O) groups excluding carboxylic acids is 1. The van der Waals surface area contributed by atoms with Crippen LogP contribution in [0.2, 0.25) is 5.02 Å². The predicted molar refractivity (Wildman–Crippen MR) is 74.1 cm³/mol. The Morgan fingerprint density at radius 2 is 2.11 bits per heavy atom. The van der Waals surface area contributed by atoms with Crippen molar-refractivity contribution in [3.8, 4) is 0 Å². The molecule has 1 amide bonds. The molecule has 4 nitrogen and oxygen atoms in total. The van der Waals surface area contributed by atoms with E-state index in [1.807, 2.05) is 0 Å². The smallest absolute Gasteiger partial charge is 0.261 e. The molecule has 1 aliphatic carbocycles.